The van der Waals surface area contributed by atoms with Crippen molar-refractivity contribution in [3.05, 3.63) is 90.1 Å². The van der Waals surface area contributed by atoms with Crippen molar-refractivity contribution in [1.29, 1.82) is 0 Å². The molecule has 0 atom stereocenters. The number of aromatic nitrogens is 2. The van der Waals surface area contributed by atoms with E-state index < -0.39 is 0 Å². The molecule has 1 aromatic heterocycles. The summed E-state index contributed by atoms with van der Waals surface area (Å²) in [6.45, 7) is 2.10. The lowest BCUT2D eigenvalue weighted by Crippen LogP contribution is -2.00. The number of fused-ring (bicyclic) bond motifs is 2. The summed E-state index contributed by atoms with van der Waals surface area (Å²) in [7, 11) is 0. The summed E-state index contributed by atoms with van der Waals surface area (Å²) >= 11 is 0. The van der Waals surface area contributed by atoms with Crippen molar-refractivity contribution < 1.29 is 0 Å². The van der Waals surface area contributed by atoms with Gasteiger partial charge < -0.3 is 5.32 Å². The third-order valence-electron chi connectivity index (χ3n) is 4.73. The number of nitrogens with one attached hydrogen (secondary N) is 1. The Morgan fingerprint density at radius 3 is 2.37 bits per heavy atom. The Balaban J connectivity index is 1.77. The van der Waals surface area contributed by atoms with E-state index in [4.69, 9.17) is 5.10 Å². The van der Waals surface area contributed by atoms with E-state index in [-0.39, 0.29) is 0 Å². The maximum atomic E-state index is 4.87. The molecule has 1 aliphatic heterocycles. The second-order valence-electron chi connectivity index (χ2n) is 6.62. The van der Waals surface area contributed by atoms with Crippen molar-refractivity contribution in [2.45, 2.75) is 6.92 Å². The van der Waals surface area contributed by atoms with Crippen LogP contribution >= 0.6 is 0 Å². The first-order valence-corrected chi connectivity index (χ1v) is 8.95. The molecular weight excluding hydrogens is 332 g/mol. The highest BCUT2D eigenvalue weighted by Crippen LogP contribution is 2.39. The largest absolute Gasteiger partial charge is 0.350 e. The normalized spacial score (nSPS) is 12.0. The zero-order chi connectivity index (χ0) is 18.2. The molecule has 0 bridgehead atoms. The van der Waals surface area contributed by atoms with Gasteiger partial charge in [0.25, 0.3) is 0 Å². The number of aryl methyl sites for hydroxylation is 1. The molecule has 0 radical (unpaired) electrons. The molecule has 5 rings (SSSR count). The second kappa shape index (κ2) is 6.25. The number of rotatable bonds is 2. The summed E-state index contributed by atoms with van der Waals surface area (Å²) < 4.78 is 1.99. The predicted octanol–water partition coefficient (Wildman–Crippen LogP) is 5.66. The molecule has 0 fully saturated rings. The molecule has 0 aliphatic carbocycles. The highest BCUT2D eigenvalue weighted by atomic mass is 15.3. The fourth-order valence-corrected chi connectivity index (χ4v) is 3.34. The van der Waals surface area contributed by atoms with Gasteiger partial charge in [-0.3, -0.25) is 4.99 Å². The van der Waals surface area contributed by atoms with Crippen LogP contribution in [0.2, 0.25) is 0 Å². The zero-order valence-electron chi connectivity index (χ0n) is 14.9. The Morgan fingerprint density at radius 1 is 0.815 bits per heavy atom. The maximum absolute atomic E-state index is 4.87. The van der Waals surface area contributed by atoms with Crippen LogP contribution in [0.1, 0.15) is 11.3 Å². The van der Waals surface area contributed by atoms with E-state index in [1.54, 1.807) is 0 Å². The Bertz CT molecular complexity index is 1140. The molecule has 27 heavy (non-hydrogen) atoms. The smallest absolute Gasteiger partial charge is 0.128 e. The first-order valence-electron chi connectivity index (χ1n) is 8.95. The Kier molecular flexibility index (Phi) is 3.61. The van der Waals surface area contributed by atoms with Gasteiger partial charge in [-0.15, -0.1) is 0 Å². The molecule has 0 saturated heterocycles. The minimum atomic E-state index is 0.825. The molecule has 0 amide bonds. The number of para-hydroxylation sites is 3. The van der Waals surface area contributed by atoms with Crippen molar-refractivity contribution in [3.63, 3.8) is 0 Å². The van der Waals surface area contributed by atoms with Crippen LogP contribution in [0.25, 0.3) is 16.9 Å². The Hall–Kier alpha value is -3.66. The molecule has 1 aliphatic rings. The number of benzene rings is 3. The van der Waals surface area contributed by atoms with E-state index in [1.807, 2.05) is 53.4 Å². The summed E-state index contributed by atoms with van der Waals surface area (Å²) in [5.74, 6) is 0. The minimum Gasteiger partial charge on any atom is -0.350 e. The second-order valence-corrected chi connectivity index (χ2v) is 6.62. The van der Waals surface area contributed by atoms with Gasteiger partial charge in [-0.25, -0.2) is 4.68 Å². The Labute approximate surface area is 157 Å². The standard InChI is InChI=1S/C23H18N4/c1-16-11-13-17(14-12-16)23-22-21(26-27(23)18-7-3-2-4-8-18)15-24-19-9-5-6-10-20(19)25-22/h2-15,25H,1H3. The van der Waals surface area contributed by atoms with Crippen molar-refractivity contribution in [3.8, 4) is 16.9 Å². The number of hydrogen-bond donors (Lipinski definition) is 1. The summed E-state index contributed by atoms with van der Waals surface area (Å²) in [6.07, 6.45) is 1.84. The predicted molar refractivity (Wildman–Crippen MR) is 111 cm³/mol. The summed E-state index contributed by atoms with van der Waals surface area (Å²) in [4.78, 5) is 4.62. The topological polar surface area (TPSA) is 42.2 Å². The SMILES string of the molecule is Cc1ccc(-c2c3c(nn2-c2ccccc2)C=Nc2ccccc2N3)cc1. The van der Waals surface area contributed by atoms with Crippen LogP contribution in [-0.2, 0) is 0 Å². The van der Waals surface area contributed by atoms with E-state index in [1.165, 1.54) is 5.56 Å². The van der Waals surface area contributed by atoms with Gasteiger partial charge in [0.15, 0.2) is 0 Å². The van der Waals surface area contributed by atoms with Crippen molar-refractivity contribution in [1.82, 2.24) is 9.78 Å². The van der Waals surface area contributed by atoms with E-state index in [0.717, 1.165) is 39.7 Å². The molecule has 3 aromatic carbocycles. The van der Waals surface area contributed by atoms with E-state index in [0.29, 0.717) is 0 Å². The molecule has 2 heterocycles. The first-order chi connectivity index (χ1) is 13.3. The van der Waals surface area contributed by atoms with Crippen LogP contribution in [0, 0.1) is 6.92 Å². The fourth-order valence-electron chi connectivity index (χ4n) is 3.34. The van der Waals surface area contributed by atoms with Gasteiger partial charge in [0, 0.05) is 5.56 Å². The molecule has 1 N–H and O–H groups in total. The van der Waals surface area contributed by atoms with Gasteiger partial charge in [0.1, 0.15) is 5.69 Å². The van der Waals surface area contributed by atoms with Crippen LogP contribution in [0.5, 0.6) is 0 Å². The third-order valence-corrected chi connectivity index (χ3v) is 4.73. The lowest BCUT2D eigenvalue weighted by Gasteiger charge is -2.12. The van der Waals surface area contributed by atoms with Gasteiger partial charge >= 0.3 is 0 Å². The average Bonchev–Trinajstić information content (AvgIpc) is 2.96. The van der Waals surface area contributed by atoms with Crippen LogP contribution in [0.15, 0.2) is 83.9 Å². The summed E-state index contributed by atoms with van der Waals surface area (Å²) in [5.41, 5.74) is 8.07. The quantitative estimate of drug-likeness (QED) is 0.447. The first kappa shape index (κ1) is 15.6. The number of aliphatic imine (C=N–C) groups is 1. The van der Waals surface area contributed by atoms with Crippen molar-refractivity contribution in [2.75, 3.05) is 5.32 Å². The van der Waals surface area contributed by atoms with Gasteiger partial charge in [-0.2, -0.15) is 5.10 Å². The van der Waals surface area contributed by atoms with Crippen molar-refractivity contribution >= 4 is 23.3 Å². The van der Waals surface area contributed by atoms with Crippen LogP contribution < -0.4 is 5.32 Å². The highest BCUT2D eigenvalue weighted by Gasteiger charge is 2.22. The number of hydrogen-bond acceptors (Lipinski definition) is 3. The van der Waals surface area contributed by atoms with Crippen LogP contribution in [0.4, 0.5) is 17.1 Å². The molecule has 130 valence electrons. The van der Waals surface area contributed by atoms with Crippen LogP contribution in [0.3, 0.4) is 0 Å². The molecular formula is C23H18N4. The molecule has 0 saturated carbocycles. The number of anilines is 2. The molecule has 4 heteroatoms. The van der Waals surface area contributed by atoms with Gasteiger partial charge in [0.05, 0.1) is 34.7 Å². The van der Waals surface area contributed by atoms with E-state index in [9.17, 15) is 0 Å². The highest BCUT2D eigenvalue weighted by molar-refractivity contribution is 5.98. The molecule has 4 nitrogen and oxygen atoms in total. The van der Waals surface area contributed by atoms with E-state index >= 15 is 0 Å². The van der Waals surface area contributed by atoms with Crippen LogP contribution in [-0.4, -0.2) is 16.0 Å². The monoisotopic (exact) mass is 350 g/mol. The van der Waals surface area contributed by atoms with E-state index in [2.05, 4.69) is 53.6 Å². The fraction of sp³-hybridized carbons (Fsp3) is 0.0435. The summed E-state index contributed by atoms with van der Waals surface area (Å²) in [5, 5.41) is 8.43. The zero-order valence-corrected chi connectivity index (χ0v) is 14.9. The number of nitrogens with zero attached hydrogens (tertiary/aromatic N) is 3. The molecule has 0 spiro atoms. The minimum absolute atomic E-state index is 0.825. The van der Waals surface area contributed by atoms with Gasteiger partial charge in [0.2, 0.25) is 0 Å². The third kappa shape index (κ3) is 2.72. The Morgan fingerprint density at radius 2 is 1.56 bits per heavy atom. The van der Waals surface area contributed by atoms with Gasteiger partial charge in [-0.1, -0.05) is 60.2 Å². The lowest BCUT2D eigenvalue weighted by atomic mass is 10.1. The molecule has 0 unspecified atom stereocenters. The average molecular weight is 350 g/mol. The summed E-state index contributed by atoms with van der Waals surface area (Å²) in [6, 6.07) is 26.8. The van der Waals surface area contributed by atoms with Gasteiger partial charge in [-0.05, 0) is 31.2 Å². The van der Waals surface area contributed by atoms with Crippen molar-refractivity contribution in [2.24, 2.45) is 4.99 Å². The lowest BCUT2D eigenvalue weighted by molar-refractivity contribution is 0.884. The maximum Gasteiger partial charge on any atom is 0.128 e. The molecule has 4 aromatic rings.